The van der Waals surface area contributed by atoms with Crippen molar-refractivity contribution in [2.24, 2.45) is 11.8 Å². The third kappa shape index (κ3) is 2.02. The van der Waals surface area contributed by atoms with Gasteiger partial charge in [-0.2, -0.15) is 5.26 Å². The Hall–Kier alpha value is -1.49. The Kier molecular flexibility index (Phi) is 3.11. The second-order valence-electron chi connectivity index (χ2n) is 5.33. The van der Waals surface area contributed by atoms with Gasteiger partial charge in [0.05, 0.1) is 18.6 Å². The van der Waals surface area contributed by atoms with Gasteiger partial charge in [0.25, 0.3) is 0 Å². The normalized spacial score (nSPS) is 27.4. The number of benzene rings is 1. The van der Waals surface area contributed by atoms with Crippen LogP contribution in [0.15, 0.2) is 24.3 Å². The largest absolute Gasteiger partial charge is 0.497 e. The molecule has 0 heterocycles. The van der Waals surface area contributed by atoms with E-state index in [0.29, 0.717) is 11.8 Å². The lowest BCUT2D eigenvalue weighted by Gasteiger charge is -2.45. The Morgan fingerprint density at radius 2 is 1.88 bits per heavy atom. The SMILES string of the molecule is COc1ccc(C2(C#N)CC(C(C)C)C2)cc1. The molecule has 0 amide bonds. The molecule has 0 N–H and O–H groups in total. The zero-order valence-electron chi connectivity index (χ0n) is 10.7. The van der Waals surface area contributed by atoms with Gasteiger partial charge >= 0.3 is 0 Å². The third-order valence-corrected chi connectivity index (χ3v) is 4.02. The van der Waals surface area contributed by atoms with Gasteiger partial charge in [0.1, 0.15) is 5.75 Å². The van der Waals surface area contributed by atoms with Crippen LogP contribution in [0.5, 0.6) is 5.75 Å². The first-order valence-corrected chi connectivity index (χ1v) is 6.17. The molecule has 0 aliphatic heterocycles. The molecule has 2 nitrogen and oxygen atoms in total. The summed E-state index contributed by atoms with van der Waals surface area (Å²) in [6, 6.07) is 10.4. The van der Waals surface area contributed by atoms with Gasteiger partial charge < -0.3 is 4.74 Å². The van der Waals surface area contributed by atoms with Crippen LogP contribution in [0.25, 0.3) is 0 Å². The molecule has 17 heavy (non-hydrogen) atoms. The molecule has 1 aliphatic carbocycles. The van der Waals surface area contributed by atoms with E-state index in [9.17, 15) is 5.26 Å². The van der Waals surface area contributed by atoms with Crippen molar-refractivity contribution in [1.82, 2.24) is 0 Å². The summed E-state index contributed by atoms with van der Waals surface area (Å²) >= 11 is 0. The number of hydrogen-bond donors (Lipinski definition) is 0. The predicted octanol–water partition coefficient (Wildman–Crippen LogP) is 3.52. The number of nitrogens with zero attached hydrogens (tertiary/aromatic N) is 1. The van der Waals surface area contributed by atoms with Gasteiger partial charge in [0.15, 0.2) is 0 Å². The number of ether oxygens (including phenoxy) is 1. The third-order valence-electron chi connectivity index (χ3n) is 4.02. The summed E-state index contributed by atoms with van der Waals surface area (Å²) in [4.78, 5) is 0. The highest BCUT2D eigenvalue weighted by Crippen LogP contribution is 2.50. The summed E-state index contributed by atoms with van der Waals surface area (Å²) in [5.41, 5.74) is 0.888. The zero-order chi connectivity index (χ0) is 12.5. The van der Waals surface area contributed by atoms with Crippen LogP contribution in [-0.2, 0) is 5.41 Å². The number of rotatable bonds is 3. The molecule has 1 fully saturated rings. The fourth-order valence-electron chi connectivity index (χ4n) is 2.61. The van der Waals surface area contributed by atoms with E-state index in [1.165, 1.54) is 0 Å². The van der Waals surface area contributed by atoms with E-state index in [-0.39, 0.29) is 5.41 Å². The number of hydrogen-bond acceptors (Lipinski definition) is 2. The van der Waals surface area contributed by atoms with Gasteiger partial charge in [0.2, 0.25) is 0 Å². The van der Waals surface area contributed by atoms with Gasteiger partial charge in [-0.25, -0.2) is 0 Å². The topological polar surface area (TPSA) is 33.0 Å². The molecule has 0 aromatic heterocycles. The first kappa shape index (κ1) is 12.0. The van der Waals surface area contributed by atoms with Crippen LogP contribution in [0.2, 0.25) is 0 Å². The molecule has 1 aliphatic rings. The van der Waals surface area contributed by atoms with Crippen molar-refractivity contribution >= 4 is 0 Å². The van der Waals surface area contributed by atoms with Gasteiger partial charge in [0, 0.05) is 0 Å². The fraction of sp³-hybridized carbons (Fsp3) is 0.533. The summed E-state index contributed by atoms with van der Waals surface area (Å²) in [7, 11) is 1.66. The van der Waals surface area contributed by atoms with Crippen LogP contribution in [0.4, 0.5) is 0 Å². The van der Waals surface area contributed by atoms with Crippen molar-refractivity contribution in [3.63, 3.8) is 0 Å². The summed E-state index contributed by atoms with van der Waals surface area (Å²) in [6.07, 6.45) is 1.99. The Balaban J connectivity index is 2.18. The second kappa shape index (κ2) is 4.41. The van der Waals surface area contributed by atoms with Crippen LogP contribution >= 0.6 is 0 Å². The number of nitriles is 1. The molecule has 0 unspecified atom stereocenters. The lowest BCUT2D eigenvalue weighted by Crippen LogP contribution is -2.42. The van der Waals surface area contributed by atoms with Crippen LogP contribution < -0.4 is 4.74 Å². The zero-order valence-corrected chi connectivity index (χ0v) is 10.7. The Bertz CT molecular complexity index is 421. The van der Waals surface area contributed by atoms with E-state index in [0.717, 1.165) is 24.2 Å². The van der Waals surface area contributed by atoms with E-state index in [1.807, 2.05) is 24.3 Å². The molecule has 1 aromatic carbocycles. The summed E-state index contributed by atoms with van der Waals surface area (Å²) in [5.74, 6) is 2.22. The lowest BCUT2D eigenvalue weighted by atomic mass is 9.56. The molecule has 0 atom stereocenters. The first-order valence-electron chi connectivity index (χ1n) is 6.17. The molecule has 2 heteroatoms. The predicted molar refractivity (Wildman–Crippen MR) is 67.8 cm³/mol. The van der Waals surface area contributed by atoms with E-state index in [2.05, 4.69) is 19.9 Å². The van der Waals surface area contributed by atoms with E-state index < -0.39 is 0 Å². The highest BCUT2D eigenvalue weighted by Gasteiger charge is 2.46. The summed E-state index contributed by atoms with van der Waals surface area (Å²) in [5, 5.41) is 9.43. The van der Waals surface area contributed by atoms with Gasteiger partial charge in [-0.05, 0) is 42.4 Å². The minimum Gasteiger partial charge on any atom is -0.497 e. The van der Waals surface area contributed by atoms with Gasteiger partial charge in [-0.15, -0.1) is 0 Å². The average Bonchev–Trinajstić information content (AvgIpc) is 2.29. The molecule has 90 valence electrons. The molecule has 1 saturated carbocycles. The Labute approximate surface area is 103 Å². The standard InChI is InChI=1S/C15H19NO/c1-11(2)12-8-15(9-12,10-16)13-4-6-14(17-3)7-5-13/h4-7,11-12H,8-9H2,1-3H3. The van der Waals surface area contributed by atoms with Crippen molar-refractivity contribution in [2.75, 3.05) is 7.11 Å². The van der Waals surface area contributed by atoms with Crippen LogP contribution in [0, 0.1) is 23.2 Å². The van der Waals surface area contributed by atoms with E-state index in [4.69, 9.17) is 4.74 Å². The van der Waals surface area contributed by atoms with Crippen LogP contribution in [0.3, 0.4) is 0 Å². The minimum atomic E-state index is -0.249. The molecular weight excluding hydrogens is 210 g/mol. The Morgan fingerprint density at radius 1 is 1.29 bits per heavy atom. The van der Waals surface area contributed by atoms with Crippen LogP contribution in [-0.4, -0.2) is 7.11 Å². The van der Waals surface area contributed by atoms with Crippen molar-refractivity contribution in [3.8, 4) is 11.8 Å². The van der Waals surface area contributed by atoms with E-state index in [1.54, 1.807) is 7.11 Å². The number of methoxy groups -OCH3 is 1. The smallest absolute Gasteiger partial charge is 0.118 e. The monoisotopic (exact) mass is 229 g/mol. The minimum absolute atomic E-state index is 0.249. The van der Waals surface area contributed by atoms with Crippen molar-refractivity contribution in [2.45, 2.75) is 32.1 Å². The molecule has 0 radical (unpaired) electrons. The summed E-state index contributed by atoms with van der Waals surface area (Å²) in [6.45, 7) is 4.47. The van der Waals surface area contributed by atoms with Crippen molar-refractivity contribution in [1.29, 1.82) is 5.26 Å². The van der Waals surface area contributed by atoms with Crippen molar-refractivity contribution in [3.05, 3.63) is 29.8 Å². The van der Waals surface area contributed by atoms with Crippen molar-refractivity contribution < 1.29 is 4.74 Å². The average molecular weight is 229 g/mol. The van der Waals surface area contributed by atoms with E-state index >= 15 is 0 Å². The Morgan fingerprint density at radius 3 is 2.29 bits per heavy atom. The maximum atomic E-state index is 9.43. The first-order chi connectivity index (χ1) is 8.11. The highest BCUT2D eigenvalue weighted by molar-refractivity contribution is 5.39. The van der Waals surface area contributed by atoms with Gasteiger partial charge in [-0.1, -0.05) is 26.0 Å². The lowest BCUT2D eigenvalue weighted by molar-refractivity contribution is 0.145. The quantitative estimate of drug-likeness (QED) is 0.794. The molecular formula is C15H19NO. The molecule has 2 rings (SSSR count). The van der Waals surface area contributed by atoms with Gasteiger partial charge in [-0.3, -0.25) is 0 Å². The molecule has 0 spiro atoms. The molecule has 1 aromatic rings. The highest BCUT2D eigenvalue weighted by atomic mass is 16.5. The molecule has 0 bridgehead atoms. The fourth-order valence-corrected chi connectivity index (χ4v) is 2.61. The second-order valence-corrected chi connectivity index (χ2v) is 5.33. The maximum absolute atomic E-state index is 9.43. The molecule has 0 saturated heterocycles. The van der Waals surface area contributed by atoms with Crippen LogP contribution in [0.1, 0.15) is 32.3 Å². The maximum Gasteiger partial charge on any atom is 0.118 e. The summed E-state index contributed by atoms with van der Waals surface area (Å²) < 4.78 is 5.14.